The molecular formula is C18H24N4O. The summed E-state index contributed by atoms with van der Waals surface area (Å²) in [5, 5.41) is 15.3. The third-order valence-corrected chi connectivity index (χ3v) is 3.86. The van der Waals surface area contributed by atoms with Crippen molar-refractivity contribution in [2.24, 2.45) is 0 Å². The van der Waals surface area contributed by atoms with Gasteiger partial charge in [0.2, 0.25) is 0 Å². The zero-order chi connectivity index (χ0) is 16.5. The predicted molar refractivity (Wildman–Crippen MR) is 91.8 cm³/mol. The molecule has 2 rings (SSSR count). The Labute approximate surface area is 138 Å². The third-order valence-electron chi connectivity index (χ3n) is 3.86. The maximum absolute atomic E-state index is 12.2. The maximum Gasteiger partial charge on any atom is 0.267 e. The summed E-state index contributed by atoms with van der Waals surface area (Å²) in [6.07, 6.45) is 5.04. The smallest absolute Gasteiger partial charge is 0.267 e. The number of nitriles is 1. The predicted octanol–water partition coefficient (Wildman–Crippen LogP) is 2.28. The lowest BCUT2D eigenvalue weighted by molar-refractivity contribution is -0.112. The summed E-state index contributed by atoms with van der Waals surface area (Å²) in [4.78, 5) is 14.2. The highest BCUT2D eigenvalue weighted by molar-refractivity contribution is 6.06. The van der Waals surface area contributed by atoms with Gasteiger partial charge in [-0.2, -0.15) is 5.26 Å². The van der Waals surface area contributed by atoms with Crippen molar-refractivity contribution in [1.29, 1.82) is 5.26 Å². The van der Waals surface area contributed by atoms with E-state index in [1.807, 2.05) is 35.2 Å². The quantitative estimate of drug-likeness (QED) is 0.624. The first-order chi connectivity index (χ1) is 11.2. The molecule has 0 spiro atoms. The van der Waals surface area contributed by atoms with Gasteiger partial charge in [0.15, 0.2) is 0 Å². The Morgan fingerprint density at radius 1 is 1.35 bits per heavy atom. The topological polar surface area (TPSA) is 68.2 Å². The zero-order valence-electron chi connectivity index (χ0n) is 13.6. The molecule has 0 aliphatic carbocycles. The van der Waals surface area contributed by atoms with Gasteiger partial charge in [0.1, 0.15) is 11.6 Å². The van der Waals surface area contributed by atoms with Crippen molar-refractivity contribution in [3.63, 3.8) is 0 Å². The van der Waals surface area contributed by atoms with Gasteiger partial charge >= 0.3 is 0 Å². The Kier molecular flexibility index (Phi) is 6.64. The first kappa shape index (κ1) is 17.0. The minimum absolute atomic E-state index is 0.141. The number of carbonyl (C=O) groups excluding carboxylic acids is 1. The number of carbonyl (C=O) groups is 1. The number of hydrogen-bond acceptors (Lipinski definition) is 4. The largest absolute Gasteiger partial charge is 0.374 e. The number of rotatable bonds is 6. The van der Waals surface area contributed by atoms with Crippen molar-refractivity contribution in [2.75, 3.05) is 31.5 Å². The van der Waals surface area contributed by atoms with Gasteiger partial charge in [-0.1, -0.05) is 25.5 Å². The van der Waals surface area contributed by atoms with Gasteiger partial charge in [-0.05, 0) is 30.5 Å². The van der Waals surface area contributed by atoms with Gasteiger partial charge in [-0.3, -0.25) is 4.79 Å². The number of amides is 1. The van der Waals surface area contributed by atoms with E-state index in [9.17, 15) is 10.1 Å². The summed E-state index contributed by atoms with van der Waals surface area (Å²) in [7, 11) is 0. The van der Waals surface area contributed by atoms with Gasteiger partial charge in [0, 0.05) is 38.1 Å². The summed E-state index contributed by atoms with van der Waals surface area (Å²) in [6.45, 7) is 5.53. The molecule has 0 saturated carbocycles. The number of hydrogen-bond donors (Lipinski definition) is 2. The van der Waals surface area contributed by atoms with Gasteiger partial charge in [-0.15, -0.1) is 0 Å². The minimum Gasteiger partial charge on any atom is -0.374 e. The molecule has 0 atom stereocenters. The van der Waals surface area contributed by atoms with Crippen LogP contribution in [0.2, 0.25) is 0 Å². The lowest BCUT2D eigenvalue weighted by atomic mass is 10.1. The van der Waals surface area contributed by atoms with Crippen LogP contribution in [0.3, 0.4) is 0 Å². The molecule has 2 N–H and O–H groups in total. The zero-order valence-corrected chi connectivity index (χ0v) is 13.6. The minimum atomic E-state index is -0.354. The van der Waals surface area contributed by atoms with E-state index in [-0.39, 0.29) is 11.5 Å². The van der Waals surface area contributed by atoms with Crippen LogP contribution in [-0.4, -0.2) is 37.0 Å². The van der Waals surface area contributed by atoms with Gasteiger partial charge in [0.05, 0.1) is 0 Å². The molecule has 1 aliphatic heterocycles. The summed E-state index contributed by atoms with van der Waals surface area (Å²) >= 11 is 0. The maximum atomic E-state index is 12.2. The molecule has 0 bridgehead atoms. The number of nitrogens with zero attached hydrogens (tertiary/aromatic N) is 2. The SMILES string of the molecule is CCCCc1ccc(NC(=O)/C(C#N)=C\N2CCNCC2)cc1. The van der Waals surface area contributed by atoms with E-state index in [2.05, 4.69) is 17.6 Å². The fourth-order valence-corrected chi connectivity index (χ4v) is 2.47. The summed E-state index contributed by atoms with van der Waals surface area (Å²) < 4.78 is 0. The number of nitrogens with one attached hydrogen (secondary N) is 2. The third kappa shape index (κ3) is 5.42. The van der Waals surface area contributed by atoms with Crippen LogP contribution in [-0.2, 0) is 11.2 Å². The molecule has 0 aromatic heterocycles. The van der Waals surface area contributed by atoms with Crippen LogP contribution in [0.25, 0.3) is 0 Å². The van der Waals surface area contributed by atoms with Crippen LogP contribution in [0.15, 0.2) is 36.0 Å². The first-order valence-corrected chi connectivity index (χ1v) is 8.20. The molecule has 1 fully saturated rings. The molecule has 0 unspecified atom stereocenters. The molecule has 1 aromatic rings. The van der Waals surface area contributed by atoms with E-state index in [1.165, 1.54) is 12.0 Å². The highest BCUT2D eigenvalue weighted by atomic mass is 16.1. The van der Waals surface area contributed by atoms with Crippen LogP contribution in [0, 0.1) is 11.3 Å². The van der Waals surface area contributed by atoms with E-state index in [4.69, 9.17) is 0 Å². The Balaban J connectivity index is 1.96. The van der Waals surface area contributed by atoms with Crippen molar-refractivity contribution in [2.45, 2.75) is 26.2 Å². The van der Waals surface area contributed by atoms with Crippen LogP contribution in [0.1, 0.15) is 25.3 Å². The molecule has 5 nitrogen and oxygen atoms in total. The molecule has 122 valence electrons. The summed E-state index contributed by atoms with van der Waals surface area (Å²) in [5.41, 5.74) is 2.13. The fraction of sp³-hybridized carbons (Fsp3) is 0.444. The number of anilines is 1. The molecule has 1 aliphatic rings. The number of piperazine rings is 1. The second-order valence-electron chi connectivity index (χ2n) is 5.70. The van der Waals surface area contributed by atoms with Crippen LogP contribution >= 0.6 is 0 Å². The van der Waals surface area contributed by atoms with Crippen LogP contribution < -0.4 is 10.6 Å². The van der Waals surface area contributed by atoms with Crippen molar-refractivity contribution in [1.82, 2.24) is 10.2 Å². The van der Waals surface area contributed by atoms with Gasteiger partial charge in [0.25, 0.3) is 5.91 Å². The second-order valence-corrected chi connectivity index (χ2v) is 5.70. The van der Waals surface area contributed by atoms with Crippen LogP contribution in [0.5, 0.6) is 0 Å². The fourth-order valence-electron chi connectivity index (χ4n) is 2.47. The van der Waals surface area contributed by atoms with Crippen molar-refractivity contribution in [3.05, 3.63) is 41.6 Å². The molecule has 5 heteroatoms. The second kappa shape index (κ2) is 8.96. The molecular weight excluding hydrogens is 288 g/mol. The van der Waals surface area contributed by atoms with Crippen LogP contribution in [0.4, 0.5) is 5.69 Å². The lowest BCUT2D eigenvalue weighted by Crippen LogP contribution is -2.41. The molecule has 1 aromatic carbocycles. The van der Waals surface area contributed by atoms with E-state index in [0.717, 1.165) is 44.7 Å². The number of unbranched alkanes of at least 4 members (excludes halogenated alkanes) is 1. The first-order valence-electron chi connectivity index (χ1n) is 8.20. The molecule has 1 amide bonds. The number of benzene rings is 1. The van der Waals surface area contributed by atoms with Gasteiger partial charge < -0.3 is 15.5 Å². The average Bonchev–Trinajstić information content (AvgIpc) is 2.60. The highest BCUT2D eigenvalue weighted by Gasteiger charge is 2.13. The van der Waals surface area contributed by atoms with E-state index in [0.29, 0.717) is 0 Å². The molecule has 1 saturated heterocycles. The normalized spacial score (nSPS) is 15.1. The summed E-state index contributed by atoms with van der Waals surface area (Å²) in [6, 6.07) is 9.83. The molecule has 0 radical (unpaired) electrons. The van der Waals surface area contributed by atoms with E-state index < -0.39 is 0 Å². The Bertz CT molecular complexity index is 580. The van der Waals surface area contributed by atoms with Crippen molar-refractivity contribution >= 4 is 11.6 Å². The molecule has 1 heterocycles. The Morgan fingerprint density at radius 2 is 2.04 bits per heavy atom. The van der Waals surface area contributed by atoms with Gasteiger partial charge in [-0.25, -0.2) is 0 Å². The highest BCUT2D eigenvalue weighted by Crippen LogP contribution is 2.13. The van der Waals surface area contributed by atoms with E-state index >= 15 is 0 Å². The van der Waals surface area contributed by atoms with E-state index in [1.54, 1.807) is 6.20 Å². The standard InChI is InChI=1S/C18H24N4O/c1-2-3-4-15-5-7-17(8-6-15)21-18(23)16(13-19)14-22-11-9-20-10-12-22/h5-8,14,20H,2-4,9-12H2,1H3,(H,21,23)/b16-14-. The average molecular weight is 312 g/mol. The molecule has 23 heavy (non-hydrogen) atoms. The Hall–Kier alpha value is -2.32. The lowest BCUT2D eigenvalue weighted by Gasteiger charge is -2.26. The van der Waals surface area contributed by atoms with Crippen molar-refractivity contribution < 1.29 is 4.79 Å². The number of aryl methyl sites for hydroxylation is 1. The Morgan fingerprint density at radius 3 is 2.65 bits per heavy atom. The monoisotopic (exact) mass is 312 g/mol. The summed E-state index contributed by atoms with van der Waals surface area (Å²) in [5.74, 6) is -0.354. The van der Waals surface area contributed by atoms with Crippen molar-refractivity contribution in [3.8, 4) is 6.07 Å².